The van der Waals surface area contributed by atoms with Crippen LogP contribution in [0.2, 0.25) is 0 Å². The van der Waals surface area contributed by atoms with E-state index in [1.807, 2.05) is 0 Å². The summed E-state index contributed by atoms with van der Waals surface area (Å²) in [5.74, 6) is 1.23. The summed E-state index contributed by atoms with van der Waals surface area (Å²) in [7, 11) is 0. The standard InChI is InChI=1S/C19H25N3O/c23-19(22-11-9-20-10-12-22)15-7-5-14(6-8-15)17-13-21-18-4-2-1-3-16(17)18/h1-4,13-15,20-21H,5-12H2. The second-order valence-electron chi connectivity index (χ2n) is 6.91. The lowest BCUT2D eigenvalue weighted by atomic mass is 9.78. The maximum atomic E-state index is 12.7. The SMILES string of the molecule is O=C(C1CCC(c2c[nH]c3ccccc23)CC1)N1CCNCC1. The fraction of sp³-hybridized carbons (Fsp3) is 0.526. The van der Waals surface area contributed by atoms with E-state index in [1.165, 1.54) is 16.5 Å². The van der Waals surface area contributed by atoms with Crippen LogP contribution in [0.4, 0.5) is 0 Å². The average molecular weight is 311 g/mol. The topological polar surface area (TPSA) is 48.1 Å². The second kappa shape index (κ2) is 6.36. The summed E-state index contributed by atoms with van der Waals surface area (Å²) in [6, 6.07) is 8.53. The van der Waals surface area contributed by atoms with Gasteiger partial charge < -0.3 is 15.2 Å². The zero-order valence-electron chi connectivity index (χ0n) is 13.6. The van der Waals surface area contributed by atoms with E-state index >= 15 is 0 Å². The van der Waals surface area contributed by atoms with Crippen LogP contribution in [-0.2, 0) is 4.79 Å². The average Bonchev–Trinajstić information content (AvgIpc) is 3.06. The van der Waals surface area contributed by atoms with Gasteiger partial charge in [-0.1, -0.05) is 18.2 Å². The predicted molar refractivity (Wildman–Crippen MR) is 92.4 cm³/mol. The van der Waals surface area contributed by atoms with Crippen LogP contribution < -0.4 is 5.32 Å². The number of amides is 1. The highest BCUT2D eigenvalue weighted by Crippen LogP contribution is 2.39. The number of benzene rings is 1. The van der Waals surface area contributed by atoms with Gasteiger partial charge >= 0.3 is 0 Å². The number of aromatic amines is 1. The molecular weight excluding hydrogens is 286 g/mol. The summed E-state index contributed by atoms with van der Waals surface area (Å²) in [6.07, 6.45) is 6.50. The normalized spacial score (nSPS) is 25.7. The molecule has 2 N–H and O–H groups in total. The lowest BCUT2D eigenvalue weighted by Gasteiger charge is -2.34. The van der Waals surface area contributed by atoms with E-state index in [9.17, 15) is 4.79 Å². The summed E-state index contributed by atoms with van der Waals surface area (Å²) in [5, 5.41) is 4.67. The second-order valence-corrected chi connectivity index (χ2v) is 6.91. The summed E-state index contributed by atoms with van der Waals surface area (Å²) >= 11 is 0. The number of nitrogens with zero attached hydrogens (tertiary/aromatic N) is 1. The number of nitrogens with one attached hydrogen (secondary N) is 2. The molecule has 2 fully saturated rings. The molecule has 0 spiro atoms. The molecule has 4 heteroatoms. The predicted octanol–water partition coefficient (Wildman–Crippen LogP) is 2.87. The molecule has 1 aliphatic carbocycles. The van der Waals surface area contributed by atoms with Crippen molar-refractivity contribution in [2.75, 3.05) is 26.2 Å². The Hall–Kier alpha value is -1.81. The molecule has 2 aliphatic rings. The zero-order valence-corrected chi connectivity index (χ0v) is 13.6. The van der Waals surface area contributed by atoms with Crippen LogP contribution >= 0.6 is 0 Å². The highest BCUT2D eigenvalue weighted by Gasteiger charge is 2.31. The molecular formula is C19H25N3O. The fourth-order valence-electron chi connectivity index (χ4n) is 4.23. The number of para-hydroxylation sites is 1. The van der Waals surface area contributed by atoms with Gasteiger partial charge in [-0.05, 0) is 43.2 Å². The lowest BCUT2D eigenvalue weighted by Crippen LogP contribution is -2.48. The van der Waals surface area contributed by atoms with Gasteiger partial charge in [0.2, 0.25) is 5.91 Å². The number of aromatic nitrogens is 1. The van der Waals surface area contributed by atoms with Crippen LogP contribution in [0.15, 0.2) is 30.5 Å². The number of piperazine rings is 1. The van der Waals surface area contributed by atoms with Crippen molar-refractivity contribution >= 4 is 16.8 Å². The van der Waals surface area contributed by atoms with Gasteiger partial charge in [0.1, 0.15) is 0 Å². The van der Waals surface area contributed by atoms with Crippen LogP contribution in [0.3, 0.4) is 0 Å². The molecule has 0 atom stereocenters. The summed E-state index contributed by atoms with van der Waals surface area (Å²) < 4.78 is 0. The maximum absolute atomic E-state index is 12.7. The van der Waals surface area contributed by atoms with Crippen molar-refractivity contribution in [3.8, 4) is 0 Å². The Morgan fingerprint density at radius 3 is 2.57 bits per heavy atom. The smallest absolute Gasteiger partial charge is 0.225 e. The van der Waals surface area contributed by atoms with Gasteiger partial charge in [0.15, 0.2) is 0 Å². The van der Waals surface area contributed by atoms with Gasteiger partial charge in [-0.2, -0.15) is 0 Å². The molecule has 1 saturated carbocycles. The van der Waals surface area contributed by atoms with Crippen LogP contribution in [0.1, 0.15) is 37.2 Å². The molecule has 23 heavy (non-hydrogen) atoms. The molecule has 1 aliphatic heterocycles. The number of carbonyl (C=O) groups excluding carboxylic acids is 1. The lowest BCUT2D eigenvalue weighted by molar-refractivity contribution is -0.137. The highest BCUT2D eigenvalue weighted by molar-refractivity contribution is 5.84. The largest absolute Gasteiger partial charge is 0.361 e. The van der Waals surface area contributed by atoms with Crippen LogP contribution in [0.25, 0.3) is 10.9 Å². The third kappa shape index (κ3) is 2.88. The van der Waals surface area contributed by atoms with E-state index in [0.29, 0.717) is 11.8 Å². The Morgan fingerprint density at radius 2 is 1.78 bits per heavy atom. The Kier molecular flexibility index (Phi) is 4.08. The molecule has 0 bridgehead atoms. The number of hydrogen-bond acceptors (Lipinski definition) is 2. The Morgan fingerprint density at radius 1 is 1.04 bits per heavy atom. The van der Waals surface area contributed by atoms with Crippen LogP contribution in [-0.4, -0.2) is 42.0 Å². The molecule has 1 aromatic carbocycles. The van der Waals surface area contributed by atoms with Gasteiger partial charge in [0, 0.05) is 49.2 Å². The first kappa shape index (κ1) is 14.8. The van der Waals surface area contributed by atoms with Crippen LogP contribution in [0, 0.1) is 5.92 Å². The number of hydrogen-bond donors (Lipinski definition) is 2. The minimum Gasteiger partial charge on any atom is -0.361 e. The molecule has 1 aromatic heterocycles. The van der Waals surface area contributed by atoms with Crippen molar-refractivity contribution in [1.29, 1.82) is 0 Å². The third-order valence-electron chi connectivity index (χ3n) is 5.57. The quantitative estimate of drug-likeness (QED) is 0.896. The van der Waals surface area contributed by atoms with Crippen molar-refractivity contribution in [3.63, 3.8) is 0 Å². The van der Waals surface area contributed by atoms with Crippen molar-refractivity contribution < 1.29 is 4.79 Å². The van der Waals surface area contributed by atoms with E-state index in [-0.39, 0.29) is 5.92 Å². The monoisotopic (exact) mass is 311 g/mol. The van der Waals surface area contributed by atoms with Crippen molar-refractivity contribution in [3.05, 3.63) is 36.0 Å². The van der Waals surface area contributed by atoms with E-state index in [4.69, 9.17) is 0 Å². The van der Waals surface area contributed by atoms with Crippen molar-refractivity contribution in [2.45, 2.75) is 31.6 Å². The van der Waals surface area contributed by atoms with Gasteiger partial charge in [-0.15, -0.1) is 0 Å². The maximum Gasteiger partial charge on any atom is 0.225 e. The number of H-pyrrole nitrogens is 1. The molecule has 2 aromatic rings. The molecule has 122 valence electrons. The highest BCUT2D eigenvalue weighted by atomic mass is 16.2. The number of rotatable bonds is 2. The van der Waals surface area contributed by atoms with Gasteiger partial charge in [-0.3, -0.25) is 4.79 Å². The molecule has 1 amide bonds. The molecule has 1 saturated heterocycles. The number of fused-ring (bicyclic) bond motifs is 1. The minimum atomic E-state index is 0.245. The summed E-state index contributed by atoms with van der Waals surface area (Å²) in [5.41, 5.74) is 2.66. The first-order valence-electron chi connectivity index (χ1n) is 8.88. The first-order chi connectivity index (χ1) is 11.3. The van der Waals surface area contributed by atoms with Crippen LogP contribution in [0.5, 0.6) is 0 Å². The minimum absolute atomic E-state index is 0.245. The van der Waals surface area contributed by atoms with E-state index in [1.54, 1.807) is 0 Å². The van der Waals surface area contributed by atoms with Gasteiger partial charge in [0.05, 0.1) is 0 Å². The van der Waals surface area contributed by atoms with E-state index in [0.717, 1.165) is 51.9 Å². The van der Waals surface area contributed by atoms with Crippen molar-refractivity contribution in [1.82, 2.24) is 15.2 Å². The zero-order chi connectivity index (χ0) is 15.6. The molecule has 0 unspecified atom stereocenters. The fourth-order valence-corrected chi connectivity index (χ4v) is 4.23. The van der Waals surface area contributed by atoms with Gasteiger partial charge in [0.25, 0.3) is 0 Å². The molecule has 0 radical (unpaired) electrons. The molecule has 4 nitrogen and oxygen atoms in total. The Labute approximate surface area is 137 Å². The van der Waals surface area contributed by atoms with E-state index < -0.39 is 0 Å². The Balaban J connectivity index is 1.41. The number of carbonyl (C=O) groups is 1. The molecule has 2 heterocycles. The summed E-state index contributed by atoms with van der Waals surface area (Å²) in [6.45, 7) is 3.63. The third-order valence-corrected chi connectivity index (χ3v) is 5.57. The van der Waals surface area contributed by atoms with Crippen molar-refractivity contribution in [2.24, 2.45) is 5.92 Å². The first-order valence-corrected chi connectivity index (χ1v) is 8.88. The Bertz CT molecular complexity index is 679. The molecule has 4 rings (SSSR count). The van der Waals surface area contributed by atoms with E-state index in [2.05, 4.69) is 45.7 Å². The summed E-state index contributed by atoms with van der Waals surface area (Å²) in [4.78, 5) is 18.1. The van der Waals surface area contributed by atoms with Gasteiger partial charge in [-0.25, -0.2) is 0 Å².